The van der Waals surface area contributed by atoms with E-state index in [9.17, 15) is 31.1 Å². The number of nitrogen functional groups attached to an aromatic ring is 1. The number of carbonyl (C=O) groups is 1. The molecular formula is C22H18F6N4O2. The molecule has 1 aromatic carbocycles. The van der Waals surface area contributed by atoms with Crippen molar-refractivity contribution < 1.29 is 35.9 Å². The van der Waals surface area contributed by atoms with Gasteiger partial charge in [-0.2, -0.15) is 26.3 Å². The van der Waals surface area contributed by atoms with E-state index < -0.39 is 36.9 Å². The molecule has 2 aromatic heterocycles. The fourth-order valence-corrected chi connectivity index (χ4v) is 3.88. The lowest BCUT2D eigenvalue weighted by molar-refractivity contribution is -0.141. The molecule has 0 bridgehead atoms. The molecule has 0 unspecified atom stereocenters. The molecule has 1 amide bonds. The average molecular weight is 484 g/mol. The molecule has 0 saturated carbocycles. The summed E-state index contributed by atoms with van der Waals surface area (Å²) in [6.07, 6.45) is -9.18. The predicted molar refractivity (Wildman–Crippen MR) is 109 cm³/mol. The van der Waals surface area contributed by atoms with Gasteiger partial charge in [0.2, 0.25) is 0 Å². The van der Waals surface area contributed by atoms with Crippen LogP contribution in [0.2, 0.25) is 0 Å². The number of anilines is 1. The molecule has 4 rings (SSSR count). The normalized spacial score (nSPS) is 16.0. The number of benzene rings is 1. The Kier molecular flexibility index (Phi) is 5.88. The first-order chi connectivity index (χ1) is 15.8. The van der Waals surface area contributed by atoms with Gasteiger partial charge in [-0.15, -0.1) is 0 Å². The smallest absolute Gasteiger partial charge is 0.383 e. The van der Waals surface area contributed by atoms with Crippen molar-refractivity contribution in [2.75, 3.05) is 12.3 Å². The molecule has 0 fully saturated rings. The van der Waals surface area contributed by atoms with Crippen LogP contribution in [0.15, 0.2) is 36.5 Å². The Hall–Kier alpha value is -3.41. The Morgan fingerprint density at radius 3 is 2.53 bits per heavy atom. The standard InChI is InChI=1S/C22H18F6N4O2/c1-11-18-16(9-34-11)15-6-12(2-5-17(15)31-19(18)29)20(33)32(10-21(23,24)25)8-14-4-3-13(7-30-14)22(26,27)28/h2-7,11H,8-10H2,1H3,(H2,29,31)/t11-/m1/s1. The van der Waals surface area contributed by atoms with Gasteiger partial charge < -0.3 is 15.4 Å². The zero-order valence-electron chi connectivity index (χ0n) is 17.7. The van der Waals surface area contributed by atoms with E-state index >= 15 is 0 Å². The molecule has 1 aliphatic heterocycles. The van der Waals surface area contributed by atoms with Crippen LogP contribution in [0.5, 0.6) is 0 Å². The van der Waals surface area contributed by atoms with E-state index in [1.54, 1.807) is 6.92 Å². The molecule has 1 atom stereocenters. The fourth-order valence-electron chi connectivity index (χ4n) is 3.88. The number of hydrogen-bond acceptors (Lipinski definition) is 5. The second kappa shape index (κ2) is 8.42. The minimum absolute atomic E-state index is 0.0445. The van der Waals surface area contributed by atoms with E-state index in [4.69, 9.17) is 10.5 Å². The number of fused-ring (bicyclic) bond motifs is 3. The second-order valence-corrected chi connectivity index (χ2v) is 7.89. The highest BCUT2D eigenvalue weighted by Gasteiger charge is 2.35. The Morgan fingerprint density at radius 1 is 1.18 bits per heavy atom. The van der Waals surface area contributed by atoms with Crippen LogP contribution in [-0.4, -0.2) is 33.5 Å². The van der Waals surface area contributed by atoms with E-state index in [-0.39, 0.29) is 29.8 Å². The summed E-state index contributed by atoms with van der Waals surface area (Å²) in [6, 6.07) is 5.87. The Bertz CT molecular complexity index is 1240. The number of aromatic nitrogens is 2. The first-order valence-electron chi connectivity index (χ1n) is 10.1. The summed E-state index contributed by atoms with van der Waals surface area (Å²) in [5.41, 5.74) is 6.61. The zero-order chi connectivity index (χ0) is 24.8. The molecule has 0 aliphatic carbocycles. The summed E-state index contributed by atoms with van der Waals surface area (Å²) in [6.45, 7) is -0.247. The van der Waals surface area contributed by atoms with Crippen molar-refractivity contribution in [3.63, 3.8) is 0 Å². The van der Waals surface area contributed by atoms with Crippen LogP contribution in [-0.2, 0) is 24.1 Å². The van der Waals surface area contributed by atoms with E-state index in [0.717, 1.165) is 6.07 Å². The van der Waals surface area contributed by atoms with Crippen molar-refractivity contribution in [2.24, 2.45) is 0 Å². The summed E-state index contributed by atoms with van der Waals surface area (Å²) < 4.78 is 83.5. The van der Waals surface area contributed by atoms with Crippen LogP contribution in [0, 0.1) is 0 Å². The molecule has 3 heterocycles. The lowest BCUT2D eigenvalue weighted by Crippen LogP contribution is -2.38. The molecule has 12 heteroatoms. The number of pyridine rings is 2. The van der Waals surface area contributed by atoms with Gasteiger partial charge in [0.05, 0.1) is 36.0 Å². The molecule has 1 aliphatic rings. The molecule has 2 N–H and O–H groups in total. The maximum Gasteiger partial charge on any atom is 0.417 e. The van der Waals surface area contributed by atoms with Crippen molar-refractivity contribution in [2.45, 2.75) is 38.5 Å². The van der Waals surface area contributed by atoms with Gasteiger partial charge in [0, 0.05) is 22.7 Å². The molecule has 3 aromatic rings. The van der Waals surface area contributed by atoms with Gasteiger partial charge in [-0.1, -0.05) is 0 Å². The third kappa shape index (κ3) is 4.76. The first-order valence-corrected chi connectivity index (χ1v) is 10.1. The summed E-state index contributed by atoms with van der Waals surface area (Å²) in [7, 11) is 0. The van der Waals surface area contributed by atoms with Gasteiger partial charge in [0.25, 0.3) is 5.91 Å². The lowest BCUT2D eigenvalue weighted by Gasteiger charge is -2.24. The van der Waals surface area contributed by atoms with Gasteiger partial charge in [-0.3, -0.25) is 9.78 Å². The number of amides is 1. The number of alkyl halides is 6. The molecule has 6 nitrogen and oxygen atoms in total. The molecule has 0 spiro atoms. The van der Waals surface area contributed by atoms with Crippen molar-refractivity contribution in [1.82, 2.24) is 14.9 Å². The van der Waals surface area contributed by atoms with Crippen LogP contribution in [0.25, 0.3) is 10.9 Å². The molecule has 180 valence electrons. The van der Waals surface area contributed by atoms with Gasteiger partial charge in [-0.25, -0.2) is 4.98 Å². The third-order valence-electron chi connectivity index (χ3n) is 5.46. The third-order valence-corrected chi connectivity index (χ3v) is 5.46. The van der Waals surface area contributed by atoms with E-state index in [0.29, 0.717) is 39.2 Å². The van der Waals surface area contributed by atoms with E-state index in [1.165, 1.54) is 18.2 Å². The average Bonchev–Trinajstić information content (AvgIpc) is 3.14. The predicted octanol–water partition coefficient (Wildman–Crippen LogP) is 5.03. The Morgan fingerprint density at radius 2 is 1.91 bits per heavy atom. The molecule has 0 saturated heterocycles. The minimum atomic E-state index is -4.74. The summed E-state index contributed by atoms with van der Waals surface area (Å²) in [4.78, 5) is 21.4. The molecule has 34 heavy (non-hydrogen) atoms. The number of nitrogens with two attached hydrogens (primary N) is 1. The fraction of sp³-hybridized carbons (Fsp3) is 0.318. The van der Waals surface area contributed by atoms with Crippen molar-refractivity contribution in [3.05, 3.63) is 64.5 Å². The molecule has 0 radical (unpaired) electrons. The van der Waals surface area contributed by atoms with Crippen molar-refractivity contribution in [3.8, 4) is 0 Å². The van der Waals surface area contributed by atoms with E-state index in [1.807, 2.05) is 0 Å². The van der Waals surface area contributed by atoms with Gasteiger partial charge in [-0.05, 0) is 42.8 Å². The number of rotatable bonds is 4. The highest BCUT2D eigenvalue weighted by molar-refractivity contribution is 5.99. The maximum atomic E-state index is 13.2. The lowest BCUT2D eigenvalue weighted by atomic mass is 10.00. The van der Waals surface area contributed by atoms with E-state index in [2.05, 4.69) is 9.97 Å². The van der Waals surface area contributed by atoms with Crippen LogP contribution >= 0.6 is 0 Å². The van der Waals surface area contributed by atoms with Crippen LogP contribution in [0.4, 0.5) is 32.2 Å². The van der Waals surface area contributed by atoms with Gasteiger partial charge in [0.1, 0.15) is 12.4 Å². The van der Waals surface area contributed by atoms with Crippen LogP contribution < -0.4 is 5.73 Å². The van der Waals surface area contributed by atoms with Gasteiger partial charge >= 0.3 is 12.4 Å². The number of halogens is 6. The zero-order valence-corrected chi connectivity index (χ0v) is 17.7. The van der Waals surface area contributed by atoms with Gasteiger partial charge in [0.15, 0.2) is 0 Å². The monoisotopic (exact) mass is 484 g/mol. The summed E-state index contributed by atoms with van der Waals surface area (Å²) in [5.74, 6) is -0.683. The maximum absolute atomic E-state index is 13.2. The number of nitrogens with zero attached hydrogens (tertiary/aromatic N) is 3. The van der Waals surface area contributed by atoms with Crippen LogP contribution in [0.1, 0.15) is 45.8 Å². The highest BCUT2D eigenvalue weighted by Crippen LogP contribution is 2.38. The number of carbonyl (C=O) groups excluding carboxylic acids is 1. The second-order valence-electron chi connectivity index (χ2n) is 7.89. The largest absolute Gasteiger partial charge is 0.417 e. The summed E-state index contributed by atoms with van der Waals surface area (Å²) >= 11 is 0. The number of ether oxygens (including phenoxy) is 1. The quantitative estimate of drug-likeness (QED) is 0.526. The molecular weight excluding hydrogens is 466 g/mol. The Labute approximate surface area is 189 Å². The topological polar surface area (TPSA) is 81.3 Å². The number of hydrogen-bond donors (Lipinski definition) is 1. The highest BCUT2D eigenvalue weighted by atomic mass is 19.4. The minimum Gasteiger partial charge on any atom is -0.383 e. The summed E-state index contributed by atoms with van der Waals surface area (Å²) in [5, 5.41) is 0.527. The van der Waals surface area contributed by atoms with Crippen molar-refractivity contribution in [1.29, 1.82) is 0 Å². The first kappa shape index (κ1) is 23.7. The van der Waals surface area contributed by atoms with Crippen LogP contribution in [0.3, 0.4) is 0 Å². The Balaban J connectivity index is 1.68. The SMILES string of the molecule is C[C@H]1OCc2c1c(N)nc1ccc(C(=O)N(Cc3ccc(C(F)(F)F)cn3)CC(F)(F)F)cc21. The van der Waals surface area contributed by atoms with Crippen molar-refractivity contribution >= 4 is 22.6 Å².